The van der Waals surface area contributed by atoms with Crippen LogP contribution in [0.2, 0.25) is 0 Å². The molecule has 0 unspecified atom stereocenters. The van der Waals surface area contributed by atoms with Gasteiger partial charge in [-0.2, -0.15) is 5.10 Å². The number of nitrogens with zero attached hydrogens (tertiary/aromatic N) is 2. The molecule has 0 aliphatic heterocycles. The molecule has 102 valence electrons. The minimum atomic E-state index is 0.496. The Morgan fingerprint density at radius 2 is 1.95 bits per heavy atom. The summed E-state index contributed by atoms with van der Waals surface area (Å²) in [6.45, 7) is 0.680. The number of hydrogen-bond donors (Lipinski definition) is 2. The molecule has 0 saturated carbocycles. The Morgan fingerprint density at radius 1 is 1.21 bits per heavy atom. The van der Waals surface area contributed by atoms with Crippen molar-refractivity contribution in [1.82, 2.24) is 10.2 Å². The van der Waals surface area contributed by atoms with Crippen LogP contribution in [-0.2, 0) is 6.54 Å². The fraction of sp³-hybridized carbons (Fsp3) is 0.308. The lowest BCUT2D eigenvalue weighted by Gasteiger charge is -2.19. The van der Waals surface area contributed by atoms with E-state index in [1.165, 1.54) is 0 Å². The summed E-state index contributed by atoms with van der Waals surface area (Å²) in [4.78, 5) is 2.06. The van der Waals surface area contributed by atoms with Gasteiger partial charge in [0.25, 0.3) is 0 Å². The van der Waals surface area contributed by atoms with E-state index in [-0.39, 0.29) is 0 Å². The highest BCUT2D eigenvalue weighted by Crippen LogP contribution is 2.31. The van der Waals surface area contributed by atoms with Gasteiger partial charge < -0.3 is 20.1 Å². The van der Waals surface area contributed by atoms with Crippen molar-refractivity contribution in [2.45, 2.75) is 6.54 Å². The molecule has 0 fully saturated rings. The second-order valence-electron chi connectivity index (χ2n) is 4.21. The number of nitrogen functional groups attached to an aromatic ring is 1. The highest BCUT2D eigenvalue weighted by atomic mass is 16.5. The zero-order valence-corrected chi connectivity index (χ0v) is 11.3. The Hall–Kier alpha value is -2.37. The molecule has 0 aliphatic carbocycles. The van der Waals surface area contributed by atoms with Gasteiger partial charge >= 0.3 is 0 Å². The first-order valence-electron chi connectivity index (χ1n) is 5.87. The lowest BCUT2D eigenvalue weighted by Crippen LogP contribution is -2.16. The predicted octanol–water partition coefficient (Wildman–Crippen LogP) is 1.65. The molecule has 0 saturated heterocycles. The third-order valence-corrected chi connectivity index (χ3v) is 2.87. The van der Waals surface area contributed by atoms with Crippen LogP contribution in [0, 0.1) is 0 Å². The van der Waals surface area contributed by atoms with E-state index in [0.29, 0.717) is 23.9 Å². The Bertz CT molecular complexity index is 553. The van der Waals surface area contributed by atoms with Crippen molar-refractivity contribution in [1.29, 1.82) is 0 Å². The van der Waals surface area contributed by atoms with Crippen LogP contribution < -0.4 is 20.1 Å². The minimum Gasteiger partial charge on any atom is -0.493 e. The molecule has 6 nitrogen and oxygen atoms in total. The number of nitrogens with one attached hydrogen (secondary N) is 1. The molecule has 0 spiro atoms. The van der Waals surface area contributed by atoms with Crippen LogP contribution in [0.25, 0.3) is 0 Å². The van der Waals surface area contributed by atoms with Gasteiger partial charge in [0.05, 0.1) is 26.5 Å². The molecule has 0 atom stereocenters. The van der Waals surface area contributed by atoms with Crippen molar-refractivity contribution in [3.05, 3.63) is 30.0 Å². The number of aromatic amines is 1. The van der Waals surface area contributed by atoms with E-state index >= 15 is 0 Å². The normalized spacial score (nSPS) is 10.3. The quantitative estimate of drug-likeness (QED) is 0.856. The van der Waals surface area contributed by atoms with Crippen LogP contribution in [0.3, 0.4) is 0 Å². The zero-order valence-electron chi connectivity index (χ0n) is 11.3. The first-order chi connectivity index (χ1) is 9.13. The first-order valence-corrected chi connectivity index (χ1v) is 5.87. The third-order valence-electron chi connectivity index (χ3n) is 2.87. The molecule has 0 aliphatic rings. The van der Waals surface area contributed by atoms with Crippen molar-refractivity contribution in [2.75, 3.05) is 31.9 Å². The van der Waals surface area contributed by atoms with Gasteiger partial charge in [-0.3, -0.25) is 5.10 Å². The summed E-state index contributed by atoms with van der Waals surface area (Å²) in [6.07, 6.45) is 0. The summed E-state index contributed by atoms with van der Waals surface area (Å²) in [5.41, 5.74) is 7.55. The van der Waals surface area contributed by atoms with Crippen molar-refractivity contribution in [2.24, 2.45) is 0 Å². The van der Waals surface area contributed by atoms with Crippen LogP contribution >= 0.6 is 0 Å². The van der Waals surface area contributed by atoms with Crippen molar-refractivity contribution < 1.29 is 9.47 Å². The molecule has 2 rings (SSSR count). The number of hydrogen-bond acceptors (Lipinski definition) is 5. The number of rotatable bonds is 5. The molecule has 0 amide bonds. The second kappa shape index (κ2) is 5.51. The largest absolute Gasteiger partial charge is 0.493 e. The fourth-order valence-electron chi connectivity index (χ4n) is 1.87. The SMILES string of the molecule is COc1ccc(N(C)Cc2cc(N)n[nH]2)cc1OC. The van der Waals surface area contributed by atoms with Crippen LogP contribution in [-0.4, -0.2) is 31.5 Å². The van der Waals surface area contributed by atoms with Gasteiger partial charge in [0, 0.05) is 24.9 Å². The monoisotopic (exact) mass is 262 g/mol. The molecule has 0 radical (unpaired) electrons. The van der Waals surface area contributed by atoms with E-state index in [0.717, 1.165) is 11.4 Å². The number of anilines is 2. The molecule has 19 heavy (non-hydrogen) atoms. The van der Waals surface area contributed by atoms with E-state index < -0.39 is 0 Å². The summed E-state index contributed by atoms with van der Waals surface area (Å²) < 4.78 is 10.5. The predicted molar refractivity (Wildman–Crippen MR) is 74.7 cm³/mol. The fourth-order valence-corrected chi connectivity index (χ4v) is 1.87. The molecule has 1 aromatic carbocycles. The minimum absolute atomic E-state index is 0.496. The van der Waals surface area contributed by atoms with Crippen LogP contribution in [0.1, 0.15) is 5.69 Å². The van der Waals surface area contributed by atoms with Gasteiger partial charge in [0.2, 0.25) is 0 Å². The number of methoxy groups -OCH3 is 2. The van der Waals surface area contributed by atoms with Crippen LogP contribution in [0.15, 0.2) is 24.3 Å². The standard InChI is InChI=1S/C13H18N4O2/c1-17(8-9-6-13(14)16-15-9)10-4-5-11(18-2)12(7-10)19-3/h4-7H,8H2,1-3H3,(H3,14,15,16). The van der Waals surface area contributed by atoms with Gasteiger partial charge in [-0.05, 0) is 12.1 Å². The third kappa shape index (κ3) is 2.90. The molecule has 1 heterocycles. The maximum atomic E-state index is 5.58. The number of benzene rings is 1. The Balaban J connectivity index is 2.16. The highest BCUT2D eigenvalue weighted by molar-refractivity contribution is 5.56. The number of H-pyrrole nitrogens is 1. The number of aromatic nitrogens is 2. The average Bonchev–Trinajstić information content (AvgIpc) is 2.83. The molecular formula is C13H18N4O2. The zero-order chi connectivity index (χ0) is 13.8. The molecule has 3 N–H and O–H groups in total. The summed E-state index contributed by atoms with van der Waals surface area (Å²) in [5.74, 6) is 1.91. The van der Waals surface area contributed by atoms with E-state index in [9.17, 15) is 0 Å². The van der Waals surface area contributed by atoms with Crippen molar-refractivity contribution in [3.8, 4) is 11.5 Å². The highest BCUT2D eigenvalue weighted by Gasteiger charge is 2.09. The van der Waals surface area contributed by atoms with Gasteiger partial charge in [-0.15, -0.1) is 0 Å². The molecule has 1 aromatic heterocycles. The summed E-state index contributed by atoms with van der Waals surface area (Å²) in [5, 5.41) is 6.79. The van der Waals surface area contributed by atoms with Crippen LogP contribution in [0.4, 0.5) is 11.5 Å². The molecule has 0 bridgehead atoms. The summed E-state index contributed by atoms with van der Waals surface area (Å²) >= 11 is 0. The second-order valence-corrected chi connectivity index (χ2v) is 4.21. The Labute approximate surface area is 112 Å². The molecule has 6 heteroatoms. The van der Waals surface area contributed by atoms with E-state index in [2.05, 4.69) is 15.1 Å². The van der Waals surface area contributed by atoms with E-state index in [1.54, 1.807) is 14.2 Å². The van der Waals surface area contributed by atoms with Crippen molar-refractivity contribution in [3.63, 3.8) is 0 Å². The van der Waals surface area contributed by atoms with Gasteiger partial charge in [-0.1, -0.05) is 0 Å². The lowest BCUT2D eigenvalue weighted by molar-refractivity contribution is 0.355. The molecule has 2 aromatic rings. The van der Waals surface area contributed by atoms with Gasteiger partial charge in [0.15, 0.2) is 11.5 Å². The number of ether oxygens (including phenoxy) is 2. The lowest BCUT2D eigenvalue weighted by atomic mass is 10.2. The summed E-state index contributed by atoms with van der Waals surface area (Å²) in [7, 11) is 5.23. The Kier molecular flexibility index (Phi) is 3.79. The Morgan fingerprint density at radius 3 is 2.53 bits per heavy atom. The van der Waals surface area contributed by atoms with Gasteiger partial charge in [-0.25, -0.2) is 0 Å². The van der Waals surface area contributed by atoms with E-state index in [4.69, 9.17) is 15.2 Å². The van der Waals surface area contributed by atoms with Gasteiger partial charge in [0.1, 0.15) is 5.82 Å². The maximum absolute atomic E-state index is 5.58. The van der Waals surface area contributed by atoms with E-state index in [1.807, 2.05) is 31.3 Å². The number of nitrogens with two attached hydrogens (primary N) is 1. The summed E-state index contributed by atoms with van der Waals surface area (Å²) in [6, 6.07) is 7.60. The maximum Gasteiger partial charge on any atom is 0.162 e. The molecular weight excluding hydrogens is 244 g/mol. The smallest absolute Gasteiger partial charge is 0.162 e. The van der Waals surface area contributed by atoms with Crippen molar-refractivity contribution >= 4 is 11.5 Å². The first kappa shape index (κ1) is 13.1. The average molecular weight is 262 g/mol. The topological polar surface area (TPSA) is 76.4 Å². The van der Waals surface area contributed by atoms with Crippen LogP contribution in [0.5, 0.6) is 11.5 Å².